The monoisotopic (exact) mass is 301 g/mol. The zero-order valence-electron chi connectivity index (χ0n) is 8.67. The van der Waals surface area contributed by atoms with Crippen LogP contribution in [0, 0.1) is 0 Å². The number of carbonyl (C=O) groups is 1. The van der Waals surface area contributed by atoms with Gasteiger partial charge in [0.2, 0.25) is 0 Å². The minimum Gasteiger partial charge on any atom is -0.478 e. The number of halogens is 2. The molecule has 0 saturated heterocycles. The molecular formula is C10H5Cl2N3O2S. The van der Waals surface area contributed by atoms with Crippen LogP contribution in [-0.2, 0) is 0 Å². The minimum absolute atomic E-state index is 0.122. The molecule has 92 valence electrons. The van der Waals surface area contributed by atoms with E-state index < -0.39 is 5.97 Å². The van der Waals surface area contributed by atoms with E-state index in [1.807, 2.05) is 0 Å². The molecule has 1 N–H and O–H groups in total. The largest absolute Gasteiger partial charge is 0.478 e. The van der Waals surface area contributed by atoms with Crippen molar-refractivity contribution in [2.75, 3.05) is 0 Å². The van der Waals surface area contributed by atoms with Crippen molar-refractivity contribution in [1.82, 2.24) is 15.2 Å². The lowest BCUT2D eigenvalue weighted by Crippen LogP contribution is -1.96. The van der Waals surface area contributed by atoms with Crippen LogP contribution in [0.5, 0.6) is 0 Å². The molecule has 2 heterocycles. The van der Waals surface area contributed by atoms with Crippen LogP contribution in [0.15, 0.2) is 34.3 Å². The minimum atomic E-state index is -1.02. The third-order valence-corrected chi connectivity index (χ3v) is 3.44. The molecule has 0 aliphatic heterocycles. The van der Waals surface area contributed by atoms with Gasteiger partial charge < -0.3 is 5.11 Å². The fourth-order valence-electron chi connectivity index (χ4n) is 1.09. The second kappa shape index (κ2) is 5.51. The van der Waals surface area contributed by atoms with Gasteiger partial charge in [0, 0.05) is 6.20 Å². The van der Waals surface area contributed by atoms with E-state index >= 15 is 0 Å². The highest BCUT2D eigenvalue weighted by Crippen LogP contribution is 2.31. The molecule has 2 rings (SSSR count). The summed E-state index contributed by atoms with van der Waals surface area (Å²) in [4.78, 5) is 15.3. The Labute approximate surface area is 116 Å². The summed E-state index contributed by atoms with van der Waals surface area (Å²) >= 11 is 12.8. The Balaban J connectivity index is 2.23. The van der Waals surface area contributed by atoms with Gasteiger partial charge in [-0.15, -0.1) is 10.2 Å². The Bertz CT molecular complexity index is 592. The number of aromatic carboxylic acids is 1. The fraction of sp³-hybridized carbons (Fsp3) is 0. The lowest BCUT2D eigenvalue weighted by Gasteiger charge is -2.02. The van der Waals surface area contributed by atoms with Crippen molar-refractivity contribution in [2.24, 2.45) is 0 Å². The van der Waals surface area contributed by atoms with Gasteiger partial charge in [0.05, 0.1) is 10.5 Å². The number of nitrogens with zero attached hydrogens (tertiary/aromatic N) is 3. The SMILES string of the molecule is O=C(O)c1ccc(Sc2cc(Cl)nnc2Cl)nc1. The van der Waals surface area contributed by atoms with Crippen LogP contribution in [0.2, 0.25) is 10.3 Å². The maximum Gasteiger partial charge on any atom is 0.337 e. The predicted octanol–water partition coefficient (Wildman–Crippen LogP) is 3.03. The van der Waals surface area contributed by atoms with Crippen molar-refractivity contribution in [2.45, 2.75) is 9.92 Å². The van der Waals surface area contributed by atoms with Crippen molar-refractivity contribution < 1.29 is 9.90 Å². The third-order valence-electron chi connectivity index (χ3n) is 1.88. The lowest BCUT2D eigenvalue weighted by atomic mass is 10.3. The fourth-order valence-corrected chi connectivity index (χ4v) is 2.27. The Hall–Kier alpha value is -1.37. The number of hydrogen-bond donors (Lipinski definition) is 1. The summed E-state index contributed by atoms with van der Waals surface area (Å²) in [6, 6.07) is 4.61. The third kappa shape index (κ3) is 3.10. The maximum absolute atomic E-state index is 10.7. The molecule has 0 spiro atoms. The molecule has 8 heteroatoms. The molecule has 0 radical (unpaired) electrons. The predicted molar refractivity (Wildman–Crippen MR) is 67.4 cm³/mol. The van der Waals surface area contributed by atoms with Crippen LogP contribution in [0.1, 0.15) is 10.4 Å². The quantitative estimate of drug-likeness (QED) is 0.939. The average Bonchev–Trinajstić information content (AvgIpc) is 2.34. The van der Waals surface area contributed by atoms with Gasteiger partial charge in [0.1, 0.15) is 5.03 Å². The van der Waals surface area contributed by atoms with E-state index in [-0.39, 0.29) is 15.9 Å². The van der Waals surface area contributed by atoms with E-state index in [4.69, 9.17) is 28.3 Å². The van der Waals surface area contributed by atoms with Gasteiger partial charge in [0.15, 0.2) is 10.3 Å². The molecule has 0 aliphatic rings. The average molecular weight is 302 g/mol. The maximum atomic E-state index is 10.7. The zero-order chi connectivity index (χ0) is 13.1. The molecule has 0 aromatic carbocycles. The standard InChI is InChI=1S/C10H5Cl2N3O2S/c11-7-3-6(9(12)15-14-7)18-8-2-1-5(4-13-8)10(16)17/h1-4H,(H,16,17). The first-order valence-corrected chi connectivity index (χ1v) is 6.19. The van der Waals surface area contributed by atoms with Gasteiger partial charge in [-0.25, -0.2) is 9.78 Å². The summed E-state index contributed by atoms with van der Waals surface area (Å²) in [6.07, 6.45) is 1.27. The van der Waals surface area contributed by atoms with E-state index in [2.05, 4.69) is 15.2 Å². The highest BCUT2D eigenvalue weighted by atomic mass is 35.5. The number of aromatic nitrogens is 3. The second-order valence-electron chi connectivity index (χ2n) is 3.11. The van der Waals surface area contributed by atoms with Crippen molar-refractivity contribution in [3.8, 4) is 0 Å². The van der Waals surface area contributed by atoms with Crippen molar-refractivity contribution in [1.29, 1.82) is 0 Å². The topological polar surface area (TPSA) is 76.0 Å². The van der Waals surface area contributed by atoms with Crippen molar-refractivity contribution in [3.63, 3.8) is 0 Å². The lowest BCUT2D eigenvalue weighted by molar-refractivity contribution is 0.0696. The van der Waals surface area contributed by atoms with Gasteiger partial charge >= 0.3 is 5.97 Å². The molecule has 5 nitrogen and oxygen atoms in total. The van der Waals surface area contributed by atoms with Crippen LogP contribution in [0.4, 0.5) is 0 Å². The molecule has 0 fully saturated rings. The van der Waals surface area contributed by atoms with Gasteiger partial charge in [-0.2, -0.15) is 0 Å². The van der Waals surface area contributed by atoms with Crippen LogP contribution < -0.4 is 0 Å². The first kappa shape index (κ1) is 13.1. The Morgan fingerprint density at radius 3 is 2.67 bits per heavy atom. The summed E-state index contributed by atoms with van der Waals surface area (Å²) in [5, 5.41) is 17.0. The second-order valence-corrected chi connectivity index (χ2v) is 4.92. The molecule has 18 heavy (non-hydrogen) atoms. The summed E-state index contributed by atoms with van der Waals surface area (Å²) in [5.41, 5.74) is 0.122. The molecular weight excluding hydrogens is 297 g/mol. The first-order chi connectivity index (χ1) is 8.56. The van der Waals surface area contributed by atoms with E-state index in [1.54, 1.807) is 12.1 Å². The molecule has 0 aliphatic carbocycles. The number of hydrogen-bond acceptors (Lipinski definition) is 5. The molecule has 0 atom stereocenters. The highest BCUT2D eigenvalue weighted by molar-refractivity contribution is 7.99. The Kier molecular flexibility index (Phi) is 4.00. The van der Waals surface area contributed by atoms with Gasteiger partial charge in [0.25, 0.3) is 0 Å². The van der Waals surface area contributed by atoms with Crippen molar-refractivity contribution in [3.05, 3.63) is 40.3 Å². The zero-order valence-corrected chi connectivity index (χ0v) is 11.0. The normalized spacial score (nSPS) is 10.3. The van der Waals surface area contributed by atoms with Gasteiger partial charge in [-0.3, -0.25) is 0 Å². The summed E-state index contributed by atoms with van der Waals surface area (Å²) in [5.74, 6) is -1.02. The van der Waals surface area contributed by atoms with E-state index in [0.29, 0.717) is 9.92 Å². The first-order valence-electron chi connectivity index (χ1n) is 4.62. The number of carboxylic acid groups (broad SMARTS) is 1. The van der Waals surface area contributed by atoms with Crippen LogP contribution >= 0.6 is 35.0 Å². The summed E-state index contributed by atoms with van der Waals surface area (Å²) in [7, 11) is 0. The molecule has 0 saturated carbocycles. The van der Waals surface area contributed by atoms with Crippen LogP contribution in [0.3, 0.4) is 0 Å². The number of rotatable bonds is 3. The molecule has 0 unspecified atom stereocenters. The molecule has 0 amide bonds. The van der Waals surface area contributed by atoms with Gasteiger partial charge in [-0.05, 0) is 18.2 Å². The van der Waals surface area contributed by atoms with Gasteiger partial charge in [-0.1, -0.05) is 35.0 Å². The smallest absolute Gasteiger partial charge is 0.337 e. The van der Waals surface area contributed by atoms with Crippen LogP contribution in [-0.4, -0.2) is 26.3 Å². The number of pyridine rings is 1. The molecule has 0 bridgehead atoms. The van der Waals surface area contributed by atoms with E-state index in [0.717, 1.165) is 0 Å². The van der Waals surface area contributed by atoms with E-state index in [9.17, 15) is 4.79 Å². The summed E-state index contributed by atoms with van der Waals surface area (Å²) in [6.45, 7) is 0. The summed E-state index contributed by atoms with van der Waals surface area (Å²) < 4.78 is 0. The van der Waals surface area contributed by atoms with Crippen LogP contribution in [0.25, 0.3) is 0 Å². The van der Waals surface area contributed by atoms with E-state index in [1.165, 1.54) is 24.0 Å². The molecule has 2 aromatic heterocycles. The molecule has 2 aromatic rings. The number of carboxylic acids is 1. The Morgan fingerprint density at radius 1 is 1.28 bits per heavy atom. The Morgan fingerprint density at radius 2 is 2.06 bits per heavy atom. The van der Waals surface area contributed by atoms with Crippen molar-refractivity contribution >= 4 is 40.9 Å². The highest BCUT2D eigenvalue weighted by Gasteiger charge is 2.08.